The number of rotatable bonds is 2. The fraction of sp³-hybridized carbons (Fsp3) is 0.500. The summed E-state index contributed by atoms with van der Waals surface area (Å²) in [6.45, 7) is 6.49. The Kier molecular flexibility index (Phi) is 3.57. The topological polar surface area (TPSA) is 41.6 Å². The third-order valence-corrected chi connectivity index (χ3v) is 3.20. The van der Waals surface area contributed by atoms with E-state index in [2.05, 4.69) is 19.2 Å². The second kappa shape index (κ2) is 4.98. The summed E-state index contributed by atoms with van der Waals surface area (Å²) in [6.07, 6.45) is 0. The highest BCUT2D eigenvalue weighted by Crippen LogP contribution is 2.21. The minimum absolute atomic E-state index is 0.0318. The van der Waals surface area contributed by atoms with E-state index in [1.165, 1.54) is 0 Å². The molecule has 18 heavy (non-hydrogen) atoms. The van der Waals surface area contributed by atoms with Crippen LogP contribution in [0, 0.1) is 0 Å². The van der Waals surface area contributed by atoms with Crippen molar-refractivity contribution in [2.75, 3.05) is 26.7 Å². The van der Waals surface area contributed by atoms with Crippen LogP contribution in [0.4, 0.5) is 0 Å². The third kappa shape index (κ3) is 2.64. The molecule has 1 aliphatic rings. The molecule has 1 N–H and O–H groups in total. The van der Waals surface area contributed by atoms with Crippen molar-refractivity contribution in [3.05, 3.63) is 29.8 Å². The van der Waals surface area contributed by atoms with Crippen LogP contribution >= 0.6 is 0 Å². The molecule has 1 amide bonds. The second-order valence-corrected chi connectivity index (χ2v) is 5.24. The highest BCUT2D eigenvalue weighted by molar-refractivity contribution is 5.97. The fourth-order valence-electron chi connectivity index (χ4n) is 2.31. The molecule has 1 saturated heterocycles. The first-order chi connectivity index (χ1) is 8.53. The molecule has 98 valence electrons. The van der Waals surface area contributed by atoms with Gasteiger partial charge in [0.15, 0.2) is 0 Å². The maximum atomic E-state index is 12.5. The Labute approximate surface area is 108 Å². The van der Waals surface area contributed by atoms with Gasteiger partial charge in [-0.25, -0.2) is 0 Å². The molecule has 1 aromatic carbocycles. The van der Waals surface area contributed by atoms with Gasteiger partial charge in [0, 0.05) is 25.2 Å². The molecular formula is C14H20N2O2. The van der Waals surface area contributed by atoms with Crippen LogP contribution in [0.3, 0.4) is 0 Å². The number of amides is 1. The predicted molar refractivity (Wildman–Crippen MR) is 71.0 cm³/mol. The van der Waals surface area contributed by atoms with E-state index >= 15 is 0 Å². The van der Waals surface area contributed by atoms with Crippen molar-refractivity contribution in [3.63, 3.8) is 0 Å². The van der Waals surface area contributed by atoms with E-state index in [0.29, 0.717) is 17.9 Å². The second-order valence-electron chi connectivity index (χ2n) is 5.24. The molecule has 0 aliphatic carbocycles. The lowest BCUT2D eigenvalue weighted by Crippen LogP contribution is -2.58. The van der Waals surface area contributed by atoms with E-state index < -0.39 is 0 Å². The number of carbonyl (C=O) groups excluding carboxylic acids is 1. The van der Waals surface area contributed by atoms with Crippen molar-refractivity contribution >= 4 is 5.91 Å². The fourth-order valence-corrected chi connectivity index (χ4v) is 2.31. The largest absolute Gasteiger partial charge is 0.496 e. The molecule has 0 aromatic heterocycles. The first-order valence-corrected chi connectivity index (χ1v) is 6.21. The smallest absolute Gasteiger partial charge is 0.257 e. The Morgan fingerprint density at radius 3 is 2.78 bits per heavy atom. The van der Waals surface area contributed by atoms with Gasteiger partial charge in [0.1, 0.15) is 5.75 Å². The molecule has 0 radical (unpaired) electrons. The van der Waals surface area contributed by atoms with Gasteiger partial charge in [-0.15, -0.1) is 0 Å². The van der Waals surface area contributed by atoms with Gasteiger partial charge in [-0.1, -0.05) is 12.1 Å². The van der Waals surface area contributed by atoms with E-state index in [9.17, 15) is 4.79 Å². The number of piperazine rings is 1. The van der Waals surface area contributed by atoms with Gasteiger partial charge in [0.25, 0.3) is 5.91 Å². The van der Waals surface area contributed by atoms with E-state index in [1.54, 1.807) is 7.11 Å². The Morgan fingerprint density at radius 1 is 1.39 bits per heavy atom. The zero-order chi connectivity index (χ0) is 13.2. The summed E-state index contributed by atoms with van der Waals surface area (Å²) < 4.78 is 5.25. The van der Waals surface area contributed by atoms with Crippen molar-refractivity contribution in [1.29, 1.82) is 0 Å². The van der Waals surface area contributed by atoms with Crippen LogP contribution in [-0.2, 0) is 0 Å². The first kappa shape index (κ1) is 12.9. The number of methoxy groups -OCH3 is 1. The number of carbonyl (C=O) groups is 1. The van der Waals surface area contributed by atoms with Crippen molar-refractivity contribution < 1.29 is 9.53 Å². The number of hydrogen-bond acceptors (Lipinski definition) is 3. The van der Waals surface area contributed by atoms with Gasteiger partial charge in [-0.05, 0) is 26.0 Å². The van der Waals surface area contributed by atoms with Gasteiger partial charge in [-0.2, -0.15) is 0 Å². The van der Waals surface area contributed by atoms with Crippen LogP contribution in [0.15, 0.2) is 24.3 Å². The highest BCUT2D eigenvalue weighted by atomic mass is 16.5. The molecule has 1 aromatic rings. The van der Waals surface area contributed by atoms with Crippen LogP contribution in [0.5, 0.6) is 5.75 Å². The van der Waals surface area contributed by atoms with Gasteiger partial charge < -0.3 is 15.0 Å². The molecule has 0 unspecified atom stereocenters. The number of hydrogen-bond donors (Lipinski definition) is 1. The number of benzene rings is 1. The van der Waals surface area contributed by atoms with E-state index in [4.69, 9.17) is 4.74 Å². The average molecular weight is 248 g/mol. The Hall–Kier alpha value is -1.55. The number of nitrogens with one attached hydrogen (secondary N) is 1. The molecule has 0 atom stereocenters. The Morgan fingerprint density at radius 2 is 2.11 bits per heavy atom. The lowest BCUT2D eigenvalue weighted by Gasteiger charge is -2.39. The van der Waals surface area contributed by atoms with E-state index in [0.717, 1.165) is 13.1 Å². The summed E-state index contributed by atoms with van der Waals surface area (Å²) in [5.74, 6) is 0.681. The summed E-state index contributed by atoms with van der Waals surface area (Å²) >= 11 is 0. The maximum absolute atomic E-state index is 12.5. The molecular weight excluding hydrogens is 228 g/mol. The number of para-hydroxylation sites is 1. The first-order valence-electron chi connectivity index (χ1n) is 6.21. The van der Waals surface area contributed by atoms with Gasteiger partial charge >= 0.3 is 0 Å². The van der Waals surface area contributed by atoms with Crippen LogP contribution in [0.1, 0.15) is 24.2 Å². The predicted octanol–water partition coefficient (Wildman–Crippen LogP) is 1.52. The minimum Gasteiger partial charge on any atom is -0.496 e. The van der Waals surface area contributed by atoms with Crippen LogP contribution < -0.4 is 10.1 Å². The number of ether oxygens (including phenoxy) is 1. The van der Waals surface area contributed by atoms with Crippen molar-refractivity contribution in [1.82, 2.24) is 10.2 Å². The summed E-state index contributed by atoms with van der Waals surface area (Å²) in [6, 6.07) is 7.37. The average Bonchev–Trinajstić information content (AvgIpc) is 2.36. The molecule has 0 saturated carbocycles. The third-order valence-electron chi connectivity index (χ3n) is 3.20. The summed E-state index contributed by atoms with van der Waals surface area (Å²) in [5.41, 5.74) is 0.605. The summed E-state index contributed by atoms with van der Waals surface area (Å²) in [4.78, 5) is 14.4. The van der Waals surface area contributed by atoms with Crippen LogP contribution in [0.25, 0.3) is 0 Å². The molecule has 4 nitrogen and oxygen atoms in total. The van der Waals surface area contributed by atoms with Crippen molar-refractivity contribution in [2.45, 2.75) is 19.4 Å². The maximum Gasteiger partial charge on any atom is 0.257 e. The SMILES string of the molecule is COc1ccccc1C(=O)N1CCNC(C)(C)C1. The summed E-state index contributed by atoms with van der Waals surface area (Å²) in [5, 5.41) is 3.40. The molecule has 4 heteroatoms. The standard InChI is InChI=1S/C14H20N2O2/c1-14(2)10-16(9-8-15-14)13(17)11-6-4-5-7-12(11)18-3/h4-7,15H,8-10H2,1-3H3. The summed E-state index contributed by atoms with van der Waals surface area (Å²) in [7, 11) is 1.59. The van der Waals surface area contributed by atoms with Crippen LogP contribution in [0.2, 0.25) is 0 Å². The van der Waals surface area contributed by atoms with Gasteiger partial charge in [-0.3, -0.25) is 4.79 Å². The van der Waals surface area contributed by atoms with Gasteiger partial charge in [0.05, 0.1) is 12.7 Å². The molecule has 1 heterocycles. The van der Waals surface area contributed by atoms with E-state index in [-0.39, 0.29) is 11.4 Å². The zero-order valence-corrected chi connectivity index (χ0v) is 11.2. The van der Waals surface area contributed by atoms with Gasteiger partial charge in [0.2, 0.25) is 0 Å². The Balaban J connectivity index is 2.20. The van der Waals surface area contributed by atoms with Crippen molar-refractivity contribution in [2.24, 2.45) is 0 Å². The minimum atomic E-state index is -0.0318. The lowest BCUT2D eigenvalue weighted by molar-refractivity contribution is 0.0649. The van der Waals surface area contributed by atoms with Crippen LogP contribution in [-0.4, -0.2) is 43.1 Å². The molecule has 0 bridgehead atoms. The number of nitrogens with zero attached hydrogens (tertiary/aromatic N) is 1. The van der Waals surface area contributed by atoms with E-state index in [1.807, 2.05) is 29.2 Å². The zero-order valence-electron chi connectivity index (χ0n) is 11.2. The molecule has 1 aliphatic heterocycles. The quantitative estimate of drug-likeness (QED) is 0.862. The normalized spacial score (nSPS) is 18.5. The lowest BCUT2D eigenvalue weighted by atomic mass is 10.0. The molecule has 2 rings (SSSR count). The highest BCUT2D eigenvalue weighted by Gasteiger charge is 2.29. The van der Waals surface area contributed by atoms with Crippen molar-refractivity contribution in [3.8, 4) is 5.75 Å². The molecule has 1 fully saturated rings. The monoisotopic (exact) mass is 248 g/mol. The Bertz CT molecular complexity index is 443. The molecule has 0 spiro atoms.